The third-order valence-electron chi connectivity index (χ3n) is 7.16. The fourth-order valence-corrected chi connectivity index (χ4v) is 5.73. The molecule has 2 N–H and O–H groups in total. The van der Waals surface area contributed by atoms with Crippen molar-refractivity contribution in [3.8, 4) is 0 Å². The Balaban J connectivity index is 1.49. The molecule has 37 heavy (non-hydrogen) atoms. The van der Waals surface area contributed by atoms with Gasteiger partial charge in [0.2, 0.25) is 5.91 Å². The fraction of sp³-hybridized carbons (Fsp3) is 0.357. The number of carbonyl (C=O) groups excluding carboxylic acids is 3. The molecule has 1 saturated heterocycles. The van der Waals surface area contributed by atoms with Gasteiger partial charge in [0.25, 0.3) is 11.1 Å². The summed E-state index contributed by atoms with van der Waals surface area (Å²) in [6, 6.07) is 6.71. The SMILES string of the molecule is CC1=C[C@H](/C=C2\SC(=O)N(CC(=O)NC3=CC(C)C(C)C=C3)C2=O)C(C)(C)N1c1cccc(C(=O)O)c1. The molecule has 1 aromatic rings. The zero-order valence-corrected chi connectivity index (χ0v) is 22.3. The summed E-state index contributed by atoms with van der Waals surface area (Å²) >= 11 is 0.827. The van der Waals surface area contributed by atoms with E-state index in [9.17, 15) is 24.3 Å². The lowest BCUT2D eigenvalue weighted by molar-refractivity contribution is -0.129. The number of anilines is 1. The van der Waals surface area contributed by atoms with Crippen LogP contribution >= 0.6 is 11.8 Å². The fourth-order valence-electron chi connectivity index (χ4n) is 4.87. The summed E-state index contributed by atoms with van der Waals surface area (Å²) < 4.78 is 0. The molecule has 3 amide bonds. The van der Waals surface area contributed by atoms with Gasteiger partial charge in [0.15, 0.2) is 0 Å². The summed E-state index contributed by atoms with van der Waals surface area (Å²) in [4.78, 5) is 53.1. The van der Waals surface area contributed by atoms with Crippen molar-refractivity contribution in [2.45, 2.75) is 40.2 Å². The van der Waals surface area contributed by atoms with Crippen molar-refractivity contribution in [3.63, 3.8) is 0 Å². The second-order valence-electron chi connectivity index (χ2n) is 10.2. The van der Waals surface area contributed by atoms with E-state index in [4.69, 9.17) is 0 Å². The van der Waals surface area contributed by atoms with Crippen LogP contribution in [0.5, 0.6) is 0 Å². The number of amides is 3. The zero-order valence-electron chi connectivity index (χ0n) is 21.5. The molecular formula is C28H31N3O5S. The number of carboxylic acid groups (broad SMARTS) is 1. The van der Waals surface area contributed by atoms with Gasteiger partial charge < -0.3 is 15.3 Å². The number of benzene rings is 1. The normalized spacial score (nSPS) is 26.0. The van der Waals surface area contributed by atoms with Gasteiger partial charge in [-0.15, -0.1) is 0 Å². The van der Waals surface area contributed by atoms with E-state index < -0.39 is 28.6 Å². The number of hydrogen-bond acceptors (Lipinski definition) is 6. The molecule has 2 aliphatic heterocycles. The van der Waals surface area contributed by atoms with E-state index in [0.717, 1.165) is 28.0 Å². The van der Waals surface area contributed by atoms with E-state index in [1.807, 2.05) is 56.0 Å². The predicted molar refractivity (Wildman–Crippen MR) is 144 cm³/mol. The molecule has 1 aliphatic carbocycles. The first-order valence-electron chi connectivity index (χ1n) is 12.2. The number of aromatic carboxylic acids is 1. The van der Waals surface area contributed by atoms with Crippen molar-refractivity contribution < 1.29 is 24.3 Å². The van der Waals surface area contributed by atoms with Gasteiger partial charge in [0.1, 0.15) is 6.54 Å². The van der Waals surface area contributed by atoms with Crippen LogP contribution in [0, 0.1) is 17.8 Å². The smallest absolute Gasteiger partial charge is 0.335 e. The van der Waals surface area contributed by atoms with E-state index in [1.165, 1.54) is 0 Å². The summed E-state index contributed by atoms with van der Waals surface area (Å²) in [6.45, 7) is 9.73. The quantitative estimate of drug-likeness (QED) is 0.512. The first-order valence-corrected chi connectivity index (χ1v) is 13.0. The third kappa shape index (κ3) is 5.27. The van der Waals surface area contributed by atoms with Gasteiger partial charge in [-0.25, -0.2) is 4.79 Å². The van der Waals surface area contributed by atoms with Gasteiger partial charge in [0, 0.05) is 28.5 Å². The standard InChI is InChI=1S/C28H31N3O5S/c1-16-9-10-21(11-17(16)2)29-24(32)15-30-25(33)23(37-27(30)36)14-20-12-18(3)31(28(20,4)5)22-8-6-7-19(13-22)26(34)35/h6-14,16-17,20H,15H2,1-5H3,(H,29,32)(H,34,35)/b23-14-/t16?,17?,20-/m1/s1. The summed E-state index contributed by atoms with van der Waals surface area (Å²) in [5.41, 5.74) is 1.96. The van der Waals surface area contributed by atoms with Crippen molar-refractivity contribution in [2.24, 2.45) is 17.8 Å². The average molecular weight is 522 g/mol. The molecule has 0 saturated carbocycles. The summed E-state index contributed by atoms with van der Waals surface area (Å²) in [7, 11) is 0. The number of hydrogen-bond donors (Lipinski definition) is 2. The Hall–Kier alpha value is -3.59. The second-order valence-corrected chi connectivity index (χ2v) is 11.2. The molecule has 9 heteroatoms. The molecule has 0 radical (unpaired) electrons. The summed E-state index contributed by atoms with van der Waals surface area (Å²) in [5.74, 6) is -1.50. The highest BCUT2D eigenvalue weighted by Crippen LogP contribution is 2.43. The number of imide groups is 1. The number of carboxylic acids is 1. The van der Waals surface area contributed by atoms with Crippen molar-refractivity contribution in [1.29, 1.82) is 0 Å². The van der Waals surface area contributed by atoms with E-state index >= 15 is 0 Å². The first-order chi connectivity index (χ1) is 17.4. The Morgan fingerprint density at radius 1 is 1.16 bits per heavy atom. The molecule has 0 aromatic heterocycles. The summed E-state index contributed by atoms with van der Waals surface area (Å²) in [5, 5.41) is 11.7. The van der Waals surface area contributed by atoms with Gasteiger partial charge in [-0.05, 0) is 68.6 Å². The minimum Gasteiger partial charge on any atom is -0.478 e. The van der Waals surface area contributed by atoms with Crippen LogP contribution in [-0.4, -0.2) is 45.1 Å². The maximum Gasteiger partial charge on any atom is 0.335 e. The minimum absolute atomic E-state index is 0.187. The third-order valence-corrected chi connectivity index (χ3v) is 8.08. The van der Waals surface area contributed by atoms with Crippen molar-refractivity contribution in [1.82, 2.24) is 10.2 Å². The number of carbonyl (C=O) groups is 4. The van der Waals surface area contributed by atoms with Crippen LogP contribution in [-0.2, 0) is 9.59 Å². The maximum absolute atomic E-state index is 13.1. The van der Waals surface area contributed by atoms with E-state index in [-0.39, 0.29) is 28.8 Å². The molecule has 2 unspecified atom stereocenters. The minimum atomic E-state index is -1.00. The second kappa shape index (κ2) is 10.0. The Labute approximate surface area is 220 Å². The lowest BCUT2D eigenvalue weighted by Gasteiger charge is -2.38. The van der Waals surface area contributed by atoms with Gasteiger partial charge in [-0.1, -0.05) is 44.2 Å². The molecule has 4 rings (SSSR count). The molecule has 0 spiro atoms. The number of nitrogens with zero attached hydrogens (tertiary/aromatic N) is 2. The van der Waals surface area contributed by atoms with Gasteiger partial charge >= 0.3 is 5.97 Å². The van der Waals surface area contributed by atoms with Gasteiger partial charge in [-0.3, -0.25) is 19.3 Å². The number of rotatable bonds is 6. The summed E-state index contributed by atoms with van der Waals surface area (Å²) in [6.07, 6.45) is 9.58. The molecule has 1 fully saturated rings. The Kier molecular flexibility index (Phi) is 7.19. The highest BCUT2D eigenvalue weighted by Gasteiger charge is 2.43. The first kappa shape index (κ1) is 26.5. The van der Waals surface area contributed by atoms with Crippen LogP contribution in [0.15, 0.2) is 70.9 Å². The lowest BCUT2D eigenvalue weighted by atomic mass is 9.88. The highest BCUT2D eigenvalue weighted by atomic mass is 32.2. The van der Waals surface area contributed by atoms with Gasteiger partial charge in [-0.2, -0.15) is 0 Å². The topological polar surface area (TPSA) is 107 Å². The Morgan fingerprint density at radius 3 is 2.57 bits per heavy atom. The number of thioether (sulfide) groups is 1. The molecule has 8 nitrogen and oxygen atoms in total. The number of nitrogens with one attached hydrogen (secondary N) is 1. The van der Waals surface area contributed by atoms with Crippen molar-refractivity contribution in [3.05, 3.63) is 76.5 Å². The van der Waals surface area contributed by atoms with Crippen LogP contribution in [0.25, 0.3) is 0 Å². The monoisotopic (exact) mass is 521 g/mol. The molecule has 1 aromatic carbocycles. The highest BCUT2D eigenvalue weighted by molar-refractivity contribution is 8.18. The molecule has 2 heterocycles. The van der Waals surface area contributed by atoms with E-state index in [0.29, 0.717) is 11.6 Å². The van der Waals surface area contributed by atoms with Gasteiger partial charge in [0.05, 0.1) is 10.5 Å². The maximum atomic E-state index is 13.1. The van der Waals surface area contributed by atoms with E-state index in [1.54, 1.807) is 24.3 Å². The van der Waals surface area contributed by atoms with E-state index in [2.05, 4.69) is 19.2 Å². The number of allylic oxidation sites excluding steroid dienone is 4. The lowest BCUT2D eigenvalue weighted by Crippen LogP contribution is -2.43. The largest absolute Gasteiger partial charge is 0.478 e. The Morgan fingerprint density at radius 2 is 1.89 bits per heavy atom. The molecular weight excluding hydrogens is 490 g/mol. The van der Waals surface area contributed by atoms with Crippen molar-refractivity contribution in [2.75, 3.05) is 11.4 Å². The molecule has 0 bridgehead atoms. The van der Waals surface area contributed by atoms with Crippen LogP contribution in [0.3, 0.4) is 0 Å². The predicted octanol–water partition coefficient (Wildman–Crippen LogP) is 4.92. The molecule has 3 aliphatic rings. The molecule has 194 valence electrons. The van der Waals surface area contributed by atoms with Crippen molar-refractivity contribution >= 4 is 40.5 Å². The van der Waals surface area contributed by atoms with Crippen LogP contribution in [0.2, 0.25) is 0 Å². The Bertz CT molecular complexity index is 1290. The van der Waals surface area contributed by atoms with Crippen LogP contribution in [0.4, 0.5) is 10.5 Å². The van der Waals surface area contributed by atoms with Crippen LogP contribution < -0.4 is 10.2 Å². The molecule has 3 atom stereocenters. The average Bonchev–Trinajstić information content (AvgIpc) is 3.21. The zero-order chi connectivity index (χ0) is 27.1. The van der Waals surface area contributed by atoms with Crippen LogP contribution in [0.1, 0.15) is 45.0 Å².